The van der Waals surface area contributed by atoms with Crippen LogP contribution in [0.3, 0.4) is 0 Å². The summed E-state index contributed by atoms with van der Waals surface area (Å²) >= 11 is 0. The number of hydrogen-bond donors (Lipinski definition) is 4. The number of nitrogens with two attached hydrogens (primary N) is 1. The van der Waals surface area contributed by atoms with Crippen molar-refractivity contribution in [3.8, 4) is 0 Å². The molecule has 3 rings (SSSR count). The molecule has 0 spiro atoms. The number of anilines is 1. The number of carbonyl (C=O) groups excluding carboxylic acids is 3. The summed E-state index contributed by atoms with van der Waals surface area (Å²) in [7, 11) is 1.58. The van der Waals surface area contributed by atoms with Gasteiger partial charge in [0, 0.05) is 36.7 Å². The maximum Gasteiger partial charge on any atom is 0.407 e. The number of allylic oxidation sites excluding steroid dienone is 2. The summed E-state index contributed by atoms with van der Waals surface area (Å²) in [6.07, 6.45) is 6.72. The van der Waals surface area contributed by atoms with Crippen LogP contribution >= 0.6 is 0 Å². The van der Waals surface area contributed by atoms with Gasteiger partial charge in [0.2, 0.25) is 11.8 Å². The van der Waals surface area contributed by atoms with Crippen LogP contribution in [0.2, 0.25) is 0 Å². The number of nitrogens with one attached hydrogen (secondary N) is 3. The molecule has 3 atom stereocenters. The normalized spacial score (nSPS) is 20.0. The van der Waals surface area contributed by atoms with E-state index < -0.39 is 11.6 Å². The number of hydrogen-bond acceptors (Lipinski definition) is 7. The molecule has 10 heteroatoms. The van der Waals surface area contributed by atoms with Gasteiger partial charge in [0.05, 0.1) is 18.8 Å². The van der Waals surface area contributed by atoms with E-state index in [2.05, 4.69) is 36.7 Å². The molecular formula is C32H48N4O6. The van der Waals surface area contributed by atoms with E-state index >= 15 is 0 Å². The smallest absolute Gasteiger partial charge is 0.407 e. The van der Waals surface area contributed by atoms with Gasteiger partial charge in [0.15, 0.2) is 0 Å². The van der Waals surface area contributed by atoms with E-state index in [9.17, 15) is 14.4 Å². The minimum absolute atomic E-state index is 0.0653. The lowest BCUT2D eigenvalue weighted by molar-refractivity contribution is -0.127. The largest absolute Gasteiger partial charge is 0.449 e. The fraction of sp³-hybridized carbons (Fsp3) is 0.594. The fourth-order valence-electron chi connectivity index (χ4n) is 5.73. The predicted molar refractivity (Wildman–Crippen MR) is 164 cm³/mol. The van der Waals surface area contributed by atoms with E-state index in [1.54, 1.807) is 14.0 Å². The number of methoxy groups -OCH3 is 1. The van der Waals surface area contributed by atoms with E-state index in [4.69, 9.17) is 19.9 Å². The maximum atomic E-state index is 13.0. The van der Waals surface area contributed by atoms with E-state index in [0.717, 1.165) is 41.5 Å². The summed E-state index contributed by atoms with van der Waals surface area (Å²) in [5, 5.41) is 9.12. The quantitative estimate of drug-likeness (QED) is 0.224. The highest BCUT2D eigenvalue weighted by atomic mass is 16.5. The van der Waals surface area contributed by atoms with Crippen molar-refractivity contribution in [2.75, 3.05) is 38.9 Å². The molecule has 3 unspecified atom stereocenters. The molecule has 0 saturated carbocycles. The van der Waals surface area contributed by atoms with Crippen LogP contribution in [0.1, 0.15) is 83.8 Å². The van der Waals surface area contributed by atoms with E-state index in [0.29, 0.717) is 25.3 Å². The van der Waals surface area contributed by atoms with Crippen molar-refractivity contribution < 1.29 is 28.6 Å². The van der Waals surface area contributed by atoms with Crippen LogP contribution in [0, 0.1) is 0 Å². The van der Waals surface area contributed by atoms with E-state index in [-0.39, 0.29) is 48.9 Å². The second-order valence-electron chi connectivity index (χ2n) is 11.6. The summed E-state index contributed by atoms with van der Waals surface area (Å²) in [5.41, 5.74) is 9.58. The SMILES string of the molecule is CCC(CC)(CC)NC(=O)OCC1C2=C(C=CC(C)(NC(=O)COCCOC)C2)c2ccc(NC(=O)CC(C)N)cc21. The van der Waals surface area contributed by atoms with Crippen LogP contribution in [0.4, 0.5) is 10.5 Å². The number of benzene rings is 1. The highest BCUT2D eigenvalue weighted by Gasteiger charge is 2.39. The third kappa shape index (κ3) is 8.42. The van der Waals surface area contributed by atoms with Crippen LogP contribution in [0.5, 0.6) is 0 Å². The second kappa shape index (κ2) is 14.8. The van der Waals surface area contributed by atoms with Crippen LogP contribution in [0.15, 0.2) is 35.9 Å². The Morgan fingerprint density at radius 1 is 1.12 bits per heavy atom. The zero-order valence-electron chi connectivity index (χ0n) is 25.9. The maximum absolute atomic E-state index is 13.0. The highest BCUT2D eigenvalue weighted by molar-refractivity contribution is 5.93. The Bertz CT molecular complexity index is 1180. The Balaban J connectivity index is 1.83. The molecule has 0 aromatic heterocycles. The molecule has 3 amide bonds. The summed E-state index contributed by atoms with van der Waals surface area (Å²) < 4.78 is 16.2. The predicted octanol–water partition coefficient (Wildman–Crippen LogP) is 4.41. The van der Waals surface area contributed by atoms with Gasteiger partial charge in [-0.25, -0.2) is 4.79 Å². The zero-order valence-corrected chi connectivity index (χ0v) is 25.9. The molecule has 5 N–H and O–H groups in total. The lowest BCUT2D eigenvalue weighted by Gasteiger charge is -2.34. The number of fused-ring (bicyclic) bond motifs is 2. The summed E-state index contributed by atoms with van der Waals surface area (Å²) in [6, 6.07) is 5.55. The van der Waals surface area contributed by atoms with Crippen LogP contribution in [0.25, 0.3) is 5.57 Å². The first-order valence-electron chi connectivity index (χ1n) is 14.9. The van der Waals surface area contributed by atoms with Crippen molar-refractivity contribution in [1.29, 1.82) is 0 Å². The molecule has 0 aliphatic heterocycles. The average molecular weight is 585 g/mol. The molecule has 1 aromatic rings. The monoisotopic (exact) mass is 584 g/mol. The van der Waals surface area contributed by atoms with E-state index in [1.807, 2.05) is 37.3 Å². The molecule has 232 valence electrons. The Hall–Kier alpha value is -3.21. The Kier molecular flexibility index (Phi) is 11.7. The molecule has 10 nitrogen and oxygen atoms in total. The Morgan fingerprint density at radius 2 is 1.83 bits per heavy atom. The minimum atomic E-state index is -0.654. The van der Waals surface area contributed by atoms with Gasteiger partial charge >= 0.3 is 6.09 Å². The van der Waals surface area contributed by atoms with Crippen molar-refractivity contribution >= 4 is 29.2 Å². The standard InChI is InChI=1S/C32H48N4O6/c1-7-32(8-2,9-3)36-30(39)42-19-27-25-17-22(34-28(37)16-21(4)33)10-11-23(25)24-12-13-31(5,18-26(24)27)35-29(38)20-41-15-14-40-6/h10-13,17,21,27H,7-9,14-16,18-20,33H2,1-6H3,(H,34,37)(H,35,38)(H,36,39). The van der Waals surface area contributed by atoms with Gasteiger partial charge in [-0.2, -0.15) is 0 Å². The Morgan fingerprint density at radius 3 is 2.48 bits per heavy atom. The van der Waals surface area contributed by atoms with Crippen molar-refractivity contribution in [1.82, 2.24) is 10.6 Å². The summed E-state index contributed by atoms with van der Waals surface area (Å²) in [5.74, 6) is -0.630. The number of ether oxygens (including phenoxy) is 3. The van der Waals surface area contributed by atoms with Gasteiger partial charge in [0.1, 0.15) is 13.2 Å². The lowest BCUT2D eigenvalue weighted by Crippen LogP contribution is -2.48. The molecule has 0 fully saturated rings. The summed E-state index contributed by atoms with van der Waals surface area (Å²) in [6.45, 7) is 10.7. The van der Waals surface area contributed by atoms with Gasteiger partial charge < -0.3 is 35.9 Å². The number of amides is 3. The van der Waals surface area contributed by atoms with Crippen LogP contribution < -0.4 is 21.7 Å². The Labute approximate surface area is 249 Å². The topological polar surface area (TPSA) is 141 Å². The molecule has 0 radical (unpaired) electrons. The molecule has 1 aromatic carbocycles. The summed E-state index contributed by atoms with van der Waals surface area (Å²) in [4.78, 5) is 38.1. The van der Waals surface area contributed by atoms with Crippen molar-refractivity contribution in [2.45, 2.75) is 89.8 Å². The second-order valence-corrected chi connectivity index (χ2v) is 11.6. The molecule has 0 heterocycles. The van der Waals surface area contributed by atoms with Crippen molar-refractivity contribution in [3.63, 3.8) is 0 Å². The van der Waals surface area contributed by atoms with Crippen molar-refractivity contribution in [3.05, 3.63) is 47.1 Å². The first kappa shape index (κ1) is 33.3. The van der Waals surface area contributed by atoms with Gasteiger partial charge in [-0.05, 0) is 73.9 Å². The first-order valence-corrected chi connectivity index (χ1v) is 14.9. The number of carbonyl (C=O) groups is 3. The number of rotatable bonds is 15. The minimum Gasteiger partial charge on any atom is -0.449 e. The lowest BCUT2D eigenvalue weighted by atomic mass is 9.81. The fourth-order valence-corrected chi connectivity index (χ4v) is 5.73. The molecule has 2 aliphatic carbocycles. The zero-order chi connectivity index (χ0) is 30.9. The van der Waals surface area contributed by atoms with Crippen LogP contribution in [-0.2, 0) is 23.8 Å². The van der Waals surface area contributed by atoms with Crippen LogP contribution in [-0.4, -0.2) is 68.6 Å². The van der Waals surface area contributed by atoms with Crippen molar-refractivity contribution in [2.24, 2.45) is 5.73 Å². The molecule has 0 bridgehead atoms. The third-order valence-electron chi connectivity index (χ3n) is 8.32. The number of alkyl carbamates (subject to hydrolysis) is 1. The van der Waals surface area contributed by atoms with Gasteiger partial charge in [-0.3, -0.25) is 9.59 Å². The van der Waals surface area contributed by atoms with E-state index in [1.165, 1.54) is 0 Å². The van der Waals surface area contributed by atoms with Gasteiger partial charge in [-0.1, -0.05) is 39.0 Å². The average Bonchev–Trinajstić information content (AvgIpc) is 3.23. The molecule has 0 saturated heterocycles. The molecular weight excluding hydrogens is 536 g/mol. The first-order chi connectivity index (χ1) is 20.0. The van der Waals surface area contributed by atoms with Gasteiger partial charge in [-0.15, -0.1) is 0 Å². The highest BCUT2D eigenvalue weighted by Crippen LogP contribution is 2.49. The molecule has 42 heavy (non-hydrogen) atoms. The van der Waals surface area contributed by atoms with Gasteiger partial charge in [0.25, 0.3) is 0 Å². The molecule has 2 aliphatic rings. The third-order valence-corrected chi connectivity index (χ3v) is 8.32.